The van der Waals surface area contributed by atoms with E-state index in [0.29, 0.717) is 10.0 Å². The van der Waals surface area contributed by atoms with Crippen LogP contribution in [0.1, 0.15) is 26.3 Å². The molecule has 0 aliphatic rings. The van der Waals surface area contributed by atoms with Crippen LogP contribution < -0.4 is 10.1 Å². The fraction of sp³-hybridized carbons (Fsp3) is 0.0476. The molecule has 0 spiro atoms. The summed E-state index contributed by atoms with van der Waals surface area (Å²) >= 11 is 11.9. The predicted octanol–water partition coefficient (Wildman–Crippen LogP) is 5.52. The smallest absolute Gasteiger partial charge is 0.337 e. The molecular formula is C21H15Cl2NO4. The van der Waals surface area contributed by atoms with E-state index in [1.54, 1.807) is 12.1 Å². The van der Waals surface area contributed by atoms with Crippen LogP contribution in [-0.4, -0.2) is 17.0 Å². The van der Waals surface area contributed by atoms with E-state index in [0.717, 1.165) is 5.56 Å². The first-order chi connectivity index (χ1) is 13.4. The van der Waals surface area contributed by atoms with Gasteiger partial charge < -0.3 is 15.2 Å². The minimum absolute atomic E-state index is 0.0621. The van der Waals surface area contributed by atoms with Gasteiger partial charge in [0.05, 0.1) is 11.3 Å². The third-order valence-electron chi connectivity index (χ3n) is 3.86. The number of ether oxygens (including phenoxy) is 1. The van der Waals surface area contributed by atoms with Crippen LogP contribution in [0.3, 0.4) is 0 Å². The number of carboxylic acids is 1. The summed E-state index contributed by atoms with van der Waals surface area (Å²) in [6.45, 7) is 0.218. The number of hydrogen-bond donors (Lipinski definition) is 2. The molecule has 3 aromatic carbocycles. The van der Waals surface area contributed by atoms with E-state index in [4.69, 9.17) is 27.9 Å². The van der Waals surface area contributed by atoms with Gasteiger partial charge in [-0.1, -0.05) is 59.6 Å². The van der Waals surface area contributed by atoms with E-state index in [1.165, 1.54) is 24.3 Å². The summed E-state index contributed by atoms with van der Waals surface area (Å²) in [4.78, 5) is 24.3. The second-order valence-electron chi connectivity index (χ2n) is 5.87. The summed E-state index contributed by atoms with van der Waals surface area (Å²) in [5.74, 6) is -1.50. The summed E-state index contributed by atoms with van der Waals surface area (Å²) in [6.07, 6.45) is 0. The van der Waals surface area contributed by atoms with Gasteiger partial charge in [-0.15, -0.1) is 0 Å². The molecule has 0 unspecified atom stereocenters. The van der Waals surface area contributed by atoms with Gasteiger partial charge in [0.25, 0.3) is 5.91 Å². The Labute approximate surface area is 171 Å². The van der Waals surface area contributed by atoms with Crippen molar-refractivity contribution in [2.75, 3.05) is 5.32 Å². The molecule has 0 atom stereocenters. The number of rotatable bonds is 6. The van der Waals surface area contributed by atoms with Crippen LogP contribution in [0.25, 0.3) is 0 Å². The number of hydrogen-bond acceptors (Lipinski definition) is 3. The van der Waals surface area contributed by atoms with Crippen molar-refractivity contribution in [1.29, 1.82) is 0 Å². The first-order valence-electron chi connectivity index (χ1n) is 8.24. The molecule has 0 heterocycles. The number of carboxylic acid groups (broad SMARTS) is 1. The minimum atomic E-state index is -1.19. The molecule has 0 bridgehead atoms. The van der Waals surface area contributed by atoms with Gasteiger partial charge in [-0.25, -0.2) is 4.79 Å². The van der Waals surface area contributed by atoms with Crippen molar-refractivity contribution < 1.29 is 19.4 Å². The molecule has 0 aliphatic carbocycles. The van der Waals surface area contributed by atoms with Crippen LogP contribution in [0.2, 0.25) is 10.0 Å². The van der Waals surface area contributed by atoms with E-state index in [9.17, 15) is 14.7 Å². The molecule has 0 aromatic heterocycles. The molecule has 3 rings (SSSR count). The van der Waals surface area contributed by atoms with Crippen LogP contribution in [-0.2, 0) is 6.61 Å². The number of nitrogens with one attached hydrogen (secondary N) is 1. The van der Waals surface area contributed by atoms with Crippen molar-refractivity contribution in [2.24, 2.45) is 0 Å². The molecule has 7 heteroatoms. The van der Waals surface area contributed by atoms with E-state index < -0.39 is 11.9 Å². The minimum Gasteiger partial charge on any atom is -0.487 e. The zero-order chi connectivity index (χ0) is 20.1. The largest absolute Gasteiger partial charge is 0.487 e. The molecule has 3 aromatic rings. The monoisotopic (exact) mass is 415 g/mol. The number of amides is 1. The average Bonchev–Trinajstić information content (AvgIpc) is 2.67. The first-order valence-corrected chi connectivity index (χ1v) is 9.00. The van der Waals surface area contributed by atoms with Gasteiger partial charge in [0.2, 0.25) is 0 Å². The molecule has 1 amide bonds. The quantitative estimate of drug-likeness (QED) is 0.555. The number of halogens is 2. The van der Waals surface area contributed by atoms with Crippen LogP contribution >= 0.6 is 23.2 Å². The zero-order valence-corrected chi connectivity index (χ0v) is 16.0. The third kappa shape index (κ3) is 4.82. The van der Waals surface area contributed by atoms with Crippen molar-refractivity contribution in [3.63, 3.8) is 0 Å². The lowest BCUT2D eigenvalue weighted by molar-refractivity contribution is 0.0697. The Balaban J connectivity index is 1.91. The molecule has 2 N–H and O–H groups in total. The standard InChI is InChI=1S/C21H15Cl2NO4/c22-15-9-14(10-16(23)11-15)20(25)24-19-17(21(26)27)7-4-8-18(19)28-12-13-5-2-1-3-6-13/h1-11H,12H2,(H,24,25)(H,26,27). The third-order valence-corrected chi connectivity index (χ3v) is 4.29. The maximum atomic E-state index is 12.6. The van der Waals surface area contributed by atoms with Gasteiger partial charge >= 0.3 is 5.97 Å². The highest BCUT2D eigenvalue weighted by Crippen LogP contribution is 2.30. The summed E-state index contributed by atoms with van der Waals surface area (Å²) < 4.78 is 5.77. The number of para-hydroxylation sites is 1. The highest BCUT2D eigenvalue weighted by Gasteiger charge is 2.19. The molecule has 28 heavy (non-hydrogen) atoms. The van der Waals surface area contributed by atoms with Crippen molar-refractivity contribution >= 4 is 40.8 Å². The van der Waals surface area contributed by atoms with Crippen molar-refractivity contribution in [3.05, 3.63) is 93.5 Å². The Morgan fingerprint density at radius 3 is 2.25 bits per heavy atom. The van der Waals surface area contributed by atoms with Gasteiger partial charge in [0.15, 0.2) is 0 Å². The van der Waals surface area contributed by atoms with Gasteiger partial charge in [-0.2, -0.15) is 0 Å². The molecule has 0 radical (unpaired) electrons. The molecule has 0 fully saturated rings. The Morgan fingerprint density at radius 2 is 1.61 bits per heavy atom. The molecule has 0 saturated carbocycles. The number of aromatic carboxylic acids is 1. The summed E-state index contributed by atoms with van der Waals surface area (Å²) in [7, 11) is 0. The van der Waals surface area contributed by atoms with Crippen LogP contribution in [0.5, 0.6) is 5.75 Å². The number of carbonyl (C=O) groups excluding carboxylic acids is 1. The predicted molar refractivity (Wildman–Crippen MR) is 109 cm³/mol. The van der Waals surface area contributed by atoms with Gasteiger partial charge in [-0.3, -0.25) is 4.79 Å². The van der Waals surface area contributed by atoms with E-state index in [1.807, 2.05) is 30.3 Å². The van der Waals surface area contributed by atoms with E-state index >= 15 is 0 Å². The lowest BCUT2D eigenvalue weighted by atomic mass is 10.1. The van der Waals surface area contributed by atoms with Crippen molar-refractivity contribution in [3.8, 4) is 5.75 Å². The molecule has 5 nitrogen and oxygen atoms in total. The SMILES string of the molecule is O=C(Nc1c(OCc2ccccc2)cccc1C(=O)O)c1cc(Cl)cc(Cl)c1. The second kappa shape index (κ2) is 8.78. The Hall–Kier alpha value is -3.02. The summed E-state index contributed by atoms with van der Waals surface area (Å²) in [6, 6.07) is 18.3. The van der Waals surface area contributed by atoms with Crippen molar-refractivity contribution in [2.45, 2.75) is 6.61 Å². The summed E-state index contributed by atoms with van der Waals surface area (Å²) in [5, 5.41) is 12.7. The fourth-order valence-corrected chi connectivity index (χ4v) is 3.09. The Kier molecular flexibility index (Phi) is 6.19. The molecule has 0 aliphatic heterocycles. The molecule has 142 valence electrons. The lowest BCUT2D eigenvalue weighted by Gasteiger charge is -2.15. The van der Waals surface area contributed by atoms with Gasteiger partial charge in [-0.05, 0) is 35.9 Å². The maximum Gasteiger partial charge on any atom is 0.337 e. The van der Waals surface area contributed by atoms with Gasteiger partial charge in [0.1, 0.15) is 12.4 Å². The Morgan fingerprint density at radius 1 is 0.929 bits per heavy atom. The summed E-state index contributed by atoms with van der Waals surface area (Å²) in [5.41, 5.74) is 1.08. The van der Waals surface area contributed by atoms with Crippen molar-refractivity contribution in [1.82, 2.24) is 0 Å². The number of carbonyl (C=O) groups is 2. The normalized spacial score (nSPS) is 10.4. The van der Waals surface area contributed by atoms with Crippen LogP contribution in [0.15, 0.2) is 66.7 Å². The van der Waals surface area contributed by atoms with E-state index in [2.05, 4.69) is 5.32 Å². The maximum absolute atomic E-state index is 12.6. The highest BCUT2D eigenvalue weighted by atomic mass is 35.5. The van der Waals surface area contributed by atoms with Gasteiger partial charge in [0, 0.05) is 15.6 Å². The lowest BCUT2D eigenvalue weighted by Crippen LogP contribution is -2.16. The first kappa shape index (κ1) is 19.7. The number of anilines is 1. The highest BCUT2D eigenvalue weighted by molar-refractivity contribution is 6.35. The molecule has 0 saturated heterocycles. The van der Waals surface area contributed by atoms with Crippen LogP contribution in [0.4, 0.5) is 5.69 Å². The van der Waals surface area contributed by atoms with Crippen LogP contribution in [0, 0.1) is 0 Å². The fourth-order valence-electron chi connectivity index (χ4n) is 2.56. The number of benzene rings is 3. The topological polar surface area (TPSA) is 75.6 Å². The second-order valence-corrected chi connectivity index (χ2v) is 6.74. The molecular weight excluding hydrogens is 401 g/mol. The Bertz CT molecular complexity index is 1000. The van der Waals surface area contributed by atoms with E-state index in [-0.39, 0.29) is 29.2 Å². The average molecular weight is 416 g/mol. The zero-order valence-electron chi connectivity index (χ0n) is 14.5.